The lowest BCUT2D eigenvalue weighted by Crippen LogP contribution is -2.45. The van der Waals surface area contributed by atoms with Crippen molar-refractivity contribution >= 4 is 47.0 Å². The van der Waals surface area contributed by atoms with Crippen LogP contribution in [0.4, 0.5) is 37.1 Å². The van der Waals surface area contributed by atoms with Gasteiger partial charge in [-0.15, -0.1) is 0 Å². The summed E-state index contributed by atoms with van der Waals surface area (Å²) in [5.74, 6) is -0.683. The molecular formula is C34H32N4O8. The van der Waals surface area contributed by atoms with E-state index in [0.717, 1.165) is 0 Å². The lowest BCUT2D eigenvalue weighted by Gasteiger charge is -2.31. The Labute approximate surface area is 266 Å². The molecule has 4 rings (SSSR count). The molecule has 4 N–H and O–H groups in total. The lowest BCUT2D eigenvalue weighted by atomic mass is 9.92. The van der Waals surface area contributed by atoms with Crippen molar-refractivity contribution in [2.24, 2.45) is 5.41 Å². The molecule has 0 heterocycles. The summed E-state index contributed by atoms with van der Waals surface area (Å²) in [6.07, 6.45) is -2.49. The van der Waals surface area contributed by atoms with E-state index in [1.807, 2.05) is 0 Å². The number of esters is 1. The Morgan fingerprint density at radius 3 is 1.35 bits per heavy atom. The maximum Gasteiger partial charge on any atom is 0.411 e. The molecule has 0 atom stereocenters. The van der Waals surface area contributed by atoms with Gasteiger partial charge in [0.15, 0.2) is 0 Å². The summed E-state index contributed by atoms with van der Waals surface area (Å²) in [5.41, 5.74) is 0.430. The summed E-state index contributed by atoms with van der Waals surface area (Å²) in [5, 5.41) is 10.6. The predicted molar refractivity (Wildman–Crippen MR) is 170 cm³/mol. The molecule has 0 aliphatic heterocycles. The first-order chi connectivity index (χ1) is 22.4. The van der Waals surface area contributed by atoms with E-state index in [1.54, 1.807) is 109 Å². The van der Waals surface area contributed by atoms with Crippen molar-refractivity contribution in [3.8, 4) is 0 Å². The van der Waals surface area contributed by atoms with Crippen LogP contribution in [-0.4, -0.2) is 57.2 Å². The van der Waals surface area contributed by atoms with Crippen LogP contribution in [0.15, 0.2) is 109 Å². The minimum absolute atomic E-state index is 0.232. The second kappa shape index (κ2) is 17.2. The highest BCUT2D eigenvalue weighted by atomic mass is 16.6. The summed E-state index contributed by atoms with van der Waals surface area (Å²) in [4.78, 5) is 50.9. The molecule has 0 spiro atoms. The van der Waals surface area contributed by atoms with Crippen molar-refractivity contribution in [2.45, 2.75) is 0 Å². The number of benzene rings is 3. The minimum atomic E-state index is -1.52. The molecule has 12 heteroatoms. The van der Waals surface area contributed by atoms with Gasteiger partial charge in [0.05, 0.1) is 5.69 Å². The van der Waals surface area contributed by atoms with Crippen molar-refractivity contribution in [3.05, 3.63) is 121 Å². The van der Waals surface area contributed by atoms with E-state index >= 15 is 0 Å². The van der Waals surface area contributed by atoms with Gasteiger partial charge in [-0.25, -0.2) is 14.4 Å². The largest absolute Gasteiger partial charge is 0.463 e. The second-order valence-electron chi connectivity index (χ2n) is 9.92. The highest BCUT2D eigenvalue weighted by Crippen LogP contribution is 2.23. The fraction of sp³-hybridized carbons (Fsp3) is 0.176. The first kappa shape index (κ1) is 32.7. The maximum absolute atomic E-state index is 12.7. The Hall–Kier alpha value is -6.22. The highest BCUT2D eigenvalue weighted by molar-refractivity contribution is 5.86. The third-order valence-corrected chi connectivity index (χ3v) is 6.20. The Kier molecular flexibility index (Phi) is 12.2. The summed E-state index contributed by atoms with van der Waals surface area (Å²) in [6, 6.07) is 36.4. The van der Waals surface area contributed by atoms with E-state index in [1.165, 1.54) is 0 Å². The van der Waals surface area contributed by atoms with E-state index in [2.05, 4.69) is 33.4 Å². The number of ether oxygens (including phenoxy) is 4. The number of carbonyl (C=O) groups excluding carboxylic acids is 4. The SMILES string of the molecule is O=C(CNc1c#cccc1)OCC(COC(=O)Nc1ccccc1)(COC(=O)Nc1ccccc1)COC(=O)Nc1ccccc1. The fourth-order valence-corrected chi connectivity index (χ4v) is 3.84. The van der Waals surface area contributed by atoms with Crippen LogP contribution in [0.5, 0.6) is 0 Å². The van der Waals surface area contributed by atoms with E-state index in [9.17, 15) is 19.2 Å². The average molecular weight is 625 g/mol. The minimum Gasteiger partial charge on any atom is -0.463 e. The molecular weight excluding hydrogens is 592 g/mol. The van der Waals surface area contributed by atoms with E-state index in [4.69, 9.17) is 18.9 Å². The molecule has 0 unspecified atom stereocenters. The van der Waals surface area contributed by atoms with Crippen LogP contribution >= 0.6 is 0 Å². The van der Waals surface area contributed by atoms with Gasteiger partial charge in [-0.1, -0.05) is 66.7 Å². The number of anilines is 4. The normalized spacial score (nSPS) is 10.3. The molecule has 3 amide bonds. The number of para-hydroxylation sites is 3. The van der Waals surface area contributed by atoms with Crippen molar-refractivity contribution in [1.82, 2.24) is 0 Å². The van der Waals surface area contributed by atoms with Crippen LogP contribution in [0.3, 0.4) is 0 Å². The molecule has 0 aromatic heterocycles. The van der Waals surface area contributed by atoms with Gasteiger partial charge in [0.25, 0.3) is 0 Å². The van der Waals surface area contributed by atoms with Crippen molar-refractivity contribution < 1.29 is 38.1 Å². The molecule has 4 aromatic rings. The third kappa shape index (κ3) is 11.5. The zero-order valence-electron chi connectivity index (χ0n) is 24.7. The van der Waals surface area contributed by atoms with Crippen LogP contribution in [0, 0.1) is 17.5 Å². The van der Waals surface area contributed by atoms with Gasteiger partial charge in [-0.3, -0.25) is 20.7 Å². The van der Waals surface area contributed by atoms with E-state index in [-0.39, 0.29) is 6.54 Å². The average Bonchev–Trinajstić information content (AvgIpc) is 3.08. The zero-order valence-corrected chi connectivity index (χ0v) is 24.7. The Balaban J connectivity index is 1.48. The lowest BCUT2D eigenvalue weighted by molar-refractivity contribution is -0.149. The fourth-order valence-electron chi connectivity index (χ4n) is 3.84. The molecule has 0 aliphatic rings. The quantitative estimate of drug-likeness (QED) is 0.0981. The van der Waals surface area contributed by atoms with Crippen LogP contribution < -0.4 is 21.3 Å². The topological polar surface area (TPSA) is 153 Å². The van der Waals surface area contributed by atoms with Gasteiger partial charge in [-0.05, 0) is 54.6 Å². The zero-order chi connectivity index (χ0) is 32.5. The van der Waals surface area contributed by atoms with Crippen LogP contribution in [-0.2, 0) is 23.7 Å². The predicted octanol–water partition coefficient (Wildman–Crippen LogP) is 5.97. The number of rotatable bonds is 14. The third-order valence-electron chi connectivity index (χ3n) is 6.20. The standard InChI is InChI=1S/C34H32N4O8/c39-30(21-35-26-13-5-1-6-14-26)43-22-34(23-44-31(40)36-27-15-7-2-8-16-27,24-45-32(41)37-28-17-9-3-10-18-28)25-46-33(42)38-29-19-11-4-12-20-29/h1-5,7-13,15-20,35H,21-25H2,(H,36,40)(H,37,41)(H,38,42). The van der Waals surface area contributed by atoms with Crippen LogP contribution in [0.2, 0.25) is 0 Å². The van der Waals surface area contributed by atoms with E-state index < -0.39 is 56.1 Å². The number of nitrogens with one attached hydrogen (secondary N) is 4. The van der Waals surface area contributed by atoms with Crippen LogP contribution in [0.1, 0.15) is 0 Å². The number of hydrogen-bond acceptors (Lipinski definition) is 9. The van der Waals surface area contributed by atoms with Gasteiger partial charge >= 0.3 is 24.2 Å². The van der Waals surface area contributed by atoms with E-state index in [0.29, 0.717) is 22.7 Å². The summed E-state index contributed by atoms with van der Waals surface area (Å²) < 4.78 is 22.0. The van der Waals surface area contributed by atoms with Crippen LogP contribution in [0.25, 0.3) is 0 Å². The second-order valence-corrected chi connectivity index (χ2v) is 9.92. The van der Waals surface area contributed by atoms with Crippen molar-refractivity contribution in [3.63, 3.8) is 0 Å². The number of hydrogen-bond donors (Lipinski definition) is 4. The van der Waals surface area contributed by atoms with Gasteiger partial charge in [0, 0.05) is 17.1 Å². The van der Waals surface area contributed by atoms with Crippen molar-refractivity contribution in [1.29, 1.82) is 0 Å². The molecule has 12 nitrogen and oxygen atoms in total. The molecule has 0 saturated heterocycles. The molecule has 4 aromatic carbocycles. The Bertz CT molecular complexity index is 1400. The summed E-state index contributed by atoms with van der Waals surface area (Å²) in [7, 11) is 0. The first-order valence-electron chi connectivity index (χ1n) is 14.1. The number of amides is 3. The molecule has 0 saturated carbocycles. The van der Waals surface area contributed by atoms with Gasteiger partial charge < -0.3 is 24.3 Å². The van der Waals surface area contributed by atoms with Crippen molar-refractivity contribution in [2.75, 3.05) is 54.2 Å². The number of carbonyl (C=O) groups is 4. The van der Waals surface area contributed by atoms with Gasteiger partial charge in [-0.2, -0.15) is 0 Å². The molecule has 0 aliphatic carbocycles. The monoisotopic (exact) mass is 624 g/mol. The van der Waals surface area contributed by atoms with Gasteiger partial charge in [0.1, 0.15) is 38.4 Å². The molecule has 0 fully saturated rings. The maximum atomic E-state index is 12.7. The Morgan fingerprint density at radius 1 is 0.543 bits per heavy atom. The van der Waals surface area contributed by atoms with Gasteiger partial charge in [0.2, 0.25) is 0 Å². The summed E-state index contributed by atoms with van der Waals surface area (Å²) in [6.45, 7) is -2.08. The highest BCUT2D eigenvalue weighted by Gasteiger charge is 2.38. The first-order valence-corrected chi connectivity index (χ1v) is 14.1. The molecule has 46 heavy (non-hydrogen) atoms. The molecule has 0 bridgehead atoms. The molecule has 0 radical (unpaired) electrons. The smallest absolute Gasteiger partial charge is 0.411 e. The molecule has 236 valence electrons. The summed E-state index contributed by atoms with van der Waals surface area (Å²) >= 11 is 0. The Morgan fingerprint density at radius 2 is 0.957 bits per heavy atom.